The number of esters is 1. The van der Waals surface area contributed by atoms with Gasteiger partial charge >= 0.3 is 12.0 Å². The summed E-state index contributed by atoms with van der Waals surface area (Å²) in [6.07, 6.45) is 2.71. The standard InChI is InChI=1S/C10H7NO3.ClH/c12-9(8-4-2-1-3-5-8)14-10-11-6-7-13-10;/h1-7H;1H. The second kappa shape index (κ2) is 5.17. The van der Waals surface area contributed by atoms with E-state index in [0.717, 1.165) is 0 Å². The number of carbonyl (C=O) groups excluding carboxylic acids is 1. The van der Waals surface area contributed by atoms with Crippen molar-refractivity contribution in [1.29, 1.82) is 0 Å². The van der Waals surface area contributed by atoms with E-state index in [1.807, 2.05) is 6.07 Å². The molecule has 0 amide bonds. The van der Waals surface area contributed by atoms with E-state index >= 15 is 0 Å². The maximum absolute atomic E-state index is 11.4. The van der Waals surface area contributed by atoms with Gasteiger partial charge in [-0.1, -0.05) is 18.2 Å². The minimum absolute atomic E-state index is 0. The molecule has 0 aliphatic rings. The molecule has 0 spiro atoms. The molecule has 0 radical (unpaired) electrons. The van der Waals surface area contributed by atoms with Crippen molar-refractivity contribution < 1.29 is 13.9 Å². The summed E-state index contributed by atoms with van der Waals surface area (Å²) in [4.78, 5) is 15.1. The zero-order valence-corrected chi connectivity index (χ0v) is 8.44. The Hall–Kier alpha value is -1.81. The van der Waals surface area contributed by atoms with Gasteiger partial charge in [-0.15, -0.1) is 12.4 Å². The summed E-state index contributed by atoms with van der Waals surface area (Å²) in [5.74, 6) is -0.479. The van der Waals surface area contributed by atoms with E-state index in [4.69, 9.17) is 9.15 Å². The van der Waals surface area contributed by atoms with Gasteiger partial charge in [0, 0.05) is 0 Å². The van der Waals surface area contributed by atoms with Crippen LogP contribution in [0.25, 0.3) is 0 Å². The van der Waals surface area contributed by atoms with Gasteiger partial charge < -0.3 is 9.15 Å². The summed E-state index contributed by atoms with van der Waals surface area (Å²) in [6.45, 7) is 0. The number of hydrogen-bond acceptors (Lipinski definition) is 4. The summed E-state index contributed by atoms with van der Waals surface area (Å²) < 4.78 is 9.60. The summed E-state index contributed by atoms with van der Waals surface area (Å²) in [6, 6.07) is 8.65. The highest BCUT2D eigenvalue weighted by molar-refractivity contribution is 5.90. The van der Waals surface area contributed by atoms with Crippen LogP contribution in [0, 0.1) is 0 Å². The molecule has 5 heteroatoms. The Bertz CT molecular complexity index is 413. The third-order valence-electron chi connectivity index (χ3n) is 1.60. The summed E-state index contributed by atoms with van der Waals surface area (Å²) in [5, 5.41) is 0. The zero-order chi connectivity index (χ0) is 9.80. The van der Waals surface area contributed by atoms with E-state index in [-0.39, 0.29) is 18.5 Å². The number of ether oxygens (including phenoxy) is 1. The van der Waals surface area contributed by atoms with Crippen LogP contribution in [0.15, 0.2) is 47.2 Å². The molecule has 2 aromatic rings. The van der Waals surface area contributed by atoms with Gasteiger partial charge in [-0.05, 0) is 12.1 Å². The van der Waals surface area contributed by atoms with E-state index in [2.05, 4.69) is 4.98 Å². The smallest absolute Gasteiger partial charge is 0.401 e. The largest absolute Gasteiger partial charge is 0.417 e. The molecule has 4 nitrogen and oxygen atoms in total. The van der Waals surface area contributed by atoms with E-state index in [9.17, 15) is 4.79 Å². The lowest BCUT2D eigenvalue weighted by molar-refractivity contribution is 0.0683. The third-order valence-corrected chi connectivity index (χ3v) is 1.60. The lowest BCUT2D eigenvalue weighted by Gasteiger charge is -1.97. The first-order valence-electron chi connectivity index (χ1n) is 4.03. The van der Waals surface area contributed by atoms with E-state index in [1.165, 1.54) is 12.5 Å². The van der Waals surface area contributed by atoms with E-state index < -0.39 is 5.97 Å². The molecule has 0 aliphatic heterocycles. The van der Waals surface area contributed by atoms with Gasteiger partial charge in [0.2, 0.25) is 0 Å². The molecule has 0 bridgehead atoms. The first-order chi connectivity index (χ1) is 6.86. The molecular weight excluding hydrogens is 218 g/mol. The average molecular weight is 226 g/mol. The third kappa shape index (κ3) is 2.82. The predicted octanol–water partition coefficient (Wildman–Crippen LogP) is 2.32. The lowest BCUT2D eigenvalue weighted by Crippen LogP contribution is -2.08. The van der Waals surface area contributed by atoms with Crippen LogP contribution in [-0.4, -0.2) is 11.0 Å². The van der Waals surface area contributed by atoms with Crippen LogP contribution < -0.4 is 4.74 Å². The number of oxazole rings is 1. The monoisotopic (exact) mass is 225 g/mol. The molecule has 0 saturated carbocycles. The Labute approximate surface area is 92.3 Å². The van der Waals surface area contributed by atoms with E-state index in [1.54, 1.807) is 24.3 Å². The molecule has 1 heterocycles. The Kier molecular flexibility index (Phi) is 3.88. The van der Waals surface area contributed by atoms with Crippen molar-refractivity contribution in [2.45, 2.75) is 0 Å². The molecule has 1 aromatic heterocycles. The predicted molar refractivity (Wildman–Crippen MR) is 55.2 cm³/mol. The molecule has 0 atom stereocenters. The van der Waals surface area contributed by atoms with Crippen LogP contribution in [0.4, 0.5) is 0 Å². The highest BCUT2D eigenvalue weighted by Crippen LogP contribution is 2.08. The van der Waals surface area contributed by atoms with Crippen molar-refractivity contribution >= 4 is 18.4 Å². The van der Waals surface area contributed by atoms with Crippen molar-refractivity contribution in [3.63, 3.8) is 0 Å². The quantitative estimate of drug-likeness (QED) is 0.736. The zero-order valence-electron chi connectivity index (χ0n) is 7.62. The van der Waals surface area contributed by atoms with Crippen molar-refractivity contribution in [1.82, 2.24) is 4.98 Å². The molecule has 78 valence electrons. The molecule has 0 saturated heterocycles. The highest BCUT2D eigenvalue weighted by Gasteiger charge is 2.09. The summed E-state index contributed by atoms with van der Waals surface area (Å²) in [5.41, 5.74) is 0.464. The van der Waals surface area contributed by atoms with Crippen LogP contribution in [-0.2, 0) is 0 Å². The SMILES string of the molecule is Cl.O=C(Oc1ncco1)c1ccccc1. The first-order valence-corrected chi connectivity index (χ1v) is 4.03. The van der Waals surface area contributed by atoms with Crippen LogP contribution >= 0.6 is 12.4 Å². The minimum atomic E-state index is -0.479. The minimum Gasteiger partial charge on any atom is -0.417 e. The van der Waals surface area contributed by atoms with Crippen molar-refractivity contribution in [2.24, 2.45) is 0 Å². The van der Waals surface area contributed by atoms with Crippen LogP contribution in [0.3, 0.4) is 0 Å². The van der Waals surface area contributed by atoms with Gasteiger partial charge in [-0.3, -0.25) is 0 Å². The Balaban J connectivity index is 0.00000112. The fourth-order valence-corrected chi connectivity index (χ4v) is 0.973. The maximum atomic E-state index is 11.4. The van der Waals surface area contributed by atoms with Crippen molar-refractivity contribution in [3.8, 4) is 6.08 Å². The van der Waals surface area contributed by atoms with Gasteiger partial charge in [0.25, 0.3) is 0 Å². The molecule has 0 unspecified atom stereocenters. The first kappa shape index (κ1) is 11.3. The van der Waals surface area contributed by atoms with Crippen LogP contribution in [0.2, 0.25) is 0 Å². The highest BCUT2D eigenvalue weighted by atomic mass is 35.5. The summed E-state index contributed by atoms with van der Waals surface area (Å²) in [7, 11) is 0. The number of aromatic nitrogens is 1. The second-order valence-electron chi connectivity index (χ2n) is 2.55. The molecule has 0 fully saturated rings. The molecular formula is C10H8ClNO3. The van der Waals surface area contributed by atoms with Gasteiger partial charge in [0.05, 0.1) is 11.8 Å². The number of rotatable bonds is 2. The molecule has 15 heavy (non-hydrogen) atoms. The Morgan fingerprint density at radius 1 is 1.27 bits per heavy atom. The lowest BCUT2D eigenvalue weighted by atomic mass is 10.2. The average Bonchev–Trinajstić information content (AvgIpc) is 2.72. The maximum Gasteiger partial charge on any atom is 0.401 e. The van der Waals surface area contributed by atoms with E-state index in [0.29, 0.717) is 5.56 Å². The Morgan fingerprint density at radius 3 is 2.60 bits per heavy atom. The summed E-state index contributed by atoms with van der Waals surface area (Å²) >= 11 is 0. The fourth-order valence-electron chi connectivity index (χ4n) is 0.973. The van der Waals surface area contributed by atoms with Gasteiger partial charge in [0.1, 0.15) is 6.26 Å². The molecule has 0 N–H and O–H groups in total. The number of nitrogens with zero attached hydrogens (tertiary/aromatic N) is 1. The number of benzene rings is 1. The second-order valence-corrected chi connectivity index (χ2v) is 2.55. The molecule has 1 aromatic carbocycles. The topological polar surface area (TPSA) is 52.3 Å². The van der Waals surface area contributed by atoms with Gasteiger partial charge in [-0.25, -0.2) is 4.79 Å². The molecule has 0 aliphatic carbocycles. The van der Waals surface area contributed by atoms with Crippen LogP contribution in [0.5, 0.6) is 6.08 Å². The number of halogens is 1. The fraction of sp³-hybridized carbons (Fsp3) is 0. The van der Waals surface area contributed by atoms with Gasteiger partial charge in [0.15, 0.2) is 0 Å². The Morgan fingerprint density at radius 2 is 2.00 bits per heavy atom. The van der Waals surface area contributed by atoms with Crippen molar-refractivity contribution in [3.05, 3.63) is 48.4 Å². The van der Waals surface area contributed by atoms with Crippen molar-refractivity contribution in [2.75, 3.05) is 0 Å². The van der Waals surface area contributed by atoms with Crippen LogP contribution in [0.1, 0.15) is 10.4 Å². The number of hydrogen-bond donors (Lipinski definition) is 0. The molecule has 2 rings (SSSR count). The normalized spacial score (nSPS) is 9.07. The van der Waals surface area contributed by atoms with Gasteiger partial charge in [-0.2, -0.15) is 4.98 Å². The number of carbonyl (C=O) groups is 1.